The summed E-state index contributed by atoms with van der Waals surface area (Å²) in [6.45, 7) is 3.97. The number of nitro benzene ring substituents is 1. The fraction of sp³-hybridized carbons (Fsp3) is 0.267. The van der Waals surface area contributed by atoms with E-state index in [9.17, 15) is 10.1 Å². The molecule has 0 saturated carbocycles. The van der Waals surface area contributed by atoms with Crippen molar-refractivity contribution in [3.63, 3.8) is 0 Å². The number of aryl methyl sites for hydroxylation is 2. The number of nitrogens with zero attached hydrogens (tertiary/aromatic N) is 5. The third kappa shape index (κ3) is 2.83. The number of hydrogen-bond donors (Lipinski definition) is 0. The van der Waals surface area contributed by atoms with Gasteiger partial charge in [0.1, 0.15) is 0 Å². The summed E-state index contributed by atoms with van der Waals surface area (Å²) in [4.78, 5) is 21.2. The molecular weight excluding hydrogens is 298 g/mol. The SMILES string of the molecule is Cc1cc(N(C)Cc2noc(C)n2)c2cccc([N+](=O)[O-])c2n1. The molecule has 0 aliphatic heterocycles. The first kappa shape index (κ1) is 14.9. The number of benzene rings is 1. The molecule has 0 radical (unpaired) electrons. The lowest BCUT2D eigenvalue weighted by atomic mass is 10.1. The Bertz CT molecular complexity index is 890. The number of nitro groups is 1. The molecule has 0 unspecified atom stereocenters. The Morgan fingerprint density at radius 1 is 1.30 bits per heavy atom. The molecule has 0 bridgehead atoms. The van der Waals surface area contributed by atoms with Gasteiger partial charge in [0.15, 0.2) is 11.3 Å². The predicted molar refractivity (Wildman–Crippen MR) is 84.3 cm³/mol. The Morgan fingerprint density at radius 3 is 2.74 bits per heavy atom. The molecule has 2 heterocycles. The minimum atomic E-state index is -0.416. The zero-order valence-corrected chi connectivity index (χ0v) is 13.0. The lowest BCUT2D eigenvalue weighted by Crippen LogP contribution is -2.18. The standard InChI is InChI=1S/C15H15N5O3/c1-9-7-13(19(3)8-14-17-10(2)23-18-14)11-5-4-6-12(20(21)22)15(11)16-9/h4-7H,8H2,1-3H3. The van der Waals surface area contributed by atoms with E-state index in [4.69, 9.17) is 4.52 Å². The topological polar surface area (TPSA) is 98.2 Å². The van der Waals surface area contributed by atoms with Crippen molar-refractivity contribution >= 4 is 22.3 Å². The number of fused-ring (bicyclic) bond motifs is 1. The summed E-state index contributed by atoms with van der Waals surface area (Å²) in [6.07, 6.45) is 0. The third-order valence-corrected chi connectivity index (χ3v) is 3.48. The molecule has 0 saturated heterocycles. The van der Waals surface area contributed by atoms with Gasteiger partial charge in [0.05, 0.1) is 11.5 Å². The van der Waals surface area contributed by atoms with Gasteiger partial charge in [-0.15, -0.1) is 0 Å². The number of pyridine rings is 1. The summed E-state index contributed by atoms with van der Waals surface area (Å²) < 4.78 is 4.97. The van der Waals surface area contributed by atoms with Gasteiger partial charge in [-0.2, -0.15) is 4.98 Å². The van der Waals surface area contributed by atoms with Crippen molar-refractivity contribution in [2.45, 2.75) is 20.4 Å². The van der Waals surface area contributed by atoms with E-state index in [1.165, 1.54) is 6.07 Å². The van der Waals surface area contributed by atoms with Crippen molar-refractivity contribution in [1.82, 2.24) is 15.1 Å². The minimum absolute atomic E-state index is 0.00347. The van der Waals surface area contributed by atoms with E-state index in [1.54, 1.807) is 13.0 Å². The maximum atomic E-state index is 11.2. The lowest BCUT2D eigenvalue weighted by molar-refractivity contribution is -0.383. The molecule has 0 amide bonds. The Balaban J connectivity index is 2.09. The van der Waals surface area contributed by atoms with E-state index in [-0.39, 0.29) is 5.69 Å². The summed E-state index contributed by atoms with van der Waals surface area (Å²) in [7, 11) is 1.87. The minimum Gasteiger partial charge on any atom is -0.366 e. The highest BCUT2D eigenvalue weighted by molar-refractivity contribution is 5.97. The molecule has 2 aromatic heterocycles. The molecule has 0 aliphatic rings. The third-order valence-electron chi connectivity index (χ3n) is 3.48. The number of non-ortho nitro benzene ring substituents is 1. The van der Waals surface area contributed by atoms with Crippen LogP contribution in [0.2, 0.25) is 0 Å². The van der Waals surface area contributed by atoms with E-state index < -0.39 is 4.92 Å². The molecule has 0 atom stereocenters. The largest absolute Gasteiger partial charge is 0.366 e. The van der Waals surface area contributed by atoms with Gasteiger partial charge in [0, 0.05) is 36.8 Å². The van der Waals surface area contributed by atoms with Crippen molar-refractivity contribution in [1.29, 1.82) is 0 Å². The van der Waals surface area contributed by atoms with E-state index in [1.807, 2.05) is 31.0 Å². The molecule has 3 rings (SSSR count). The normalized spacial score (nSPS) is 10.9. The second kappa shape index (κ2) is 5.64. The van der Waals surface area contributed by atoms with Crippen LogP contribution in [0.1, 0.15) is 17.4 Å². The predicted octanol–water partition coefficient (Wildman–Crippen LogP) is 2.78. The van der Waals surface area contributed by atoms with Gasteiger partial charge in [0.25, 0.3) is 5.69 Å². The fourth-order valence-corrected chi connectivity index (χ4v) is 2.51. The first-order valence-electron chi connectivity index (χ1n) is 7.01. The fourth-order valence-electron chi connectivity index (χ4n) is 2.51. The van der Waals surface area contributed by atoms with Crippen LogP contribution in [-0.2, 0) is 6.54 Å². The highest BCUT2D eigenvalue weighted by Gasteiger charge is 2.18. The highest BCUT2D eigenvalue weighted by Crippen LogP contribution is 2.32. The van der Waals surface area contributed by atoms with Crippen LogP contribution in [0.3, 0.4) is 0 Å². The first-order chi connectivity index (χ1) is 11.0. The first-order valence-corrected chi connectivity index (χ1v) is 7.01. The van der Waals surface area contributed by atoms with Crippen LogP contribution in [-0.4, -0.2) is 27.1 Å². The van der Waals surface area contributed by atoms with Gasteiger partial charge in [-0.25, -0.2) is 4.98 Å². The number of hydrogen-bond acceptors (Lipinski definition) is 7. The number of rotatable bonds is 4. The molecule has 0 aliphatic carbocycles. The van der Waals surface area contributed by atoms with Crippen LogP contribution in [0.15, 0.2) is 28.8 Å². The van der Waals surface area contributed by atoms with Crippen LogP contribution in [0.25, 0.3) is 10.9 Å². The van der Waals surface area contributed by atoms with Crippen molar-refractivity contribution < 1.29 is 9.45 Å². The quantitative estimate of drug-likeness (QED) is 0.539. The van der Waals surface area contributed by atoms with E-state index in [0.717, 1.165) is 5.69 Å². The molecule has 1 aromatic carbocycles. The Morgan fingerprint density at radius 2 is 2.09 bits per heavy atom. The molecule has 23 heavy (non-hydrogen) atoms. The monoisotopic (exact) mass is 313 g/mol. The van der Waals surface area contributed by atoms with Gasteiger partial charge < -0.3 is 9.42 Å². The molecule has 3 aromatic rings. The van der Waals surface area contributed by atoms with E-state index in [2.05, 4.69) is 15.1 Å². The van der Waals surface area contributed by atoms with Crippen LogP contribution in [0, 0.1) is 24.0 Å². The zero-order valence-electron chi connectivity index (χ0n) is 13.0. The van der Waals surface area contributed by atoms with Crippen LogP contribution < -0.4 is 4.90 Å². The van der Waals surface area contributed by atoms with E-state index in [0.29, 0.717) is 34.9 Å². The summed E-state index contributed by atoms with van der Waals surface area (Å²) in [5, 5.41) is 15.8. The van der Waals surface area contributed by atoms with Crippen molar-refractivity contribution in [3.05, 3.63) is 51.8 Å². The summed E-state index contributed by atoms with van der Waals surface area (Å²) >= 11 is 0. The Kier molecular flexibility index (Phi) is 3.65. The van der Waals surface area contributed by atoms with Crippen molar-refractivity contribution in [2.24, 2.45) is 0 Å². The number of para-hydroxylation sites is 1. The molecule has 118 valence electrons. The smallest absolute Gasteiger partial charge is 0.295 e. The molecule has 8 heteroatoms. The van der Waals surface area contributed by atoms with Crippen LogP contribution in [0.5, 0.6) is 0 Å². The maximum absolute atomic E-state index is 11.2. The van der Waals surface area contributed by atoms with Gasteiger partial charge in [-0.05, 0) is 13.0 Å². The average Bonchev–Trinajstić information content (AvgIpc) is 2.90. The lowest BCUT2D eigenvalue weighted by Gasteiger charge is -2.19. The Hall–Kier alpha value is -3.03. The molecule has 8 nitrogen and oxygen atoms in total. The summed E-state index contributed by atoms with van der Waals surface area (Å²) in [6, 6.07) is 6.83. The second-order valence-electron chi connectivity index (χ2n) is 5.30. The van der Waals surface area contributed by atoms with E-state index >= 15 is 0 Å². The molecule has 0 fully saturated rings. The van der Waals surface area contributed by atoms with Crippen molar-refractivity contribution in [3.8, 4) is 0 Å². The summed E-state index contributed by atoms with van der Waals surface area (Å²) in [5.74, 6) is 1.05. The summed E-state index contributed by atoms with van der Waals surface area (Å²) in [5.41, 5.74) is 1.91. The second-order valence-corrected chi connectivity index (χ2v) is 5.30. The van der Waals surface area contributed by atoms with Gasteiger partial charge in [-0.1, -0.05) is 17.3 Å². The highest BCUT2D eigenvalue weighted by atomic mass is 16.6. The number of aromatic nitrogens is 3. The number of anilines is 1. The average molecular weight is 313 g/mol. The van der Waals surface area contributed by atoms with Crippen LogP contribution in [0.4, 0.5) is 11.4 Å². The molecule has 0 N–H and O–H groups in total. The Labute approximate surface area is 131 Å². The zero-order chi connectivity index (χ0) is 16.6. The van der Waals surface area contributed by atoms with Gasteiger partial charge in [0.2, 0.25) is 5.89 Å². The van der Waals surface area contributed by atoms with Gasteiger partial charge >= 0.3 is 0 Å². The van der Waals surface area contributed by atoms with Crippen LogP contribution >= 0.6 is 0 Å². The van der Waals surface area contributed by atoms with Crippen molar-refractivity contribution in [2.75, 3.05) is 11.9 Å². The molecule has 0 spiro atoms. The maximum Gasteiger partial charge on any atom is 0.295 e. The molecular formula is C15H15N5O3. The van der Waals surface area contributed by atoms with Gasteiger partial charge in [-0.3, -0.25) is 10.1 Å².